The second kappa shape index (κ2) is 4.91. The summed E-state index contributed by atoms with van der Waals surface area (Å²) in [5.74, 6) is 0. The molecule has 0 saturated heterocycles. The summed E-state index contributed by atoms with van der Waals surface area (Å²) in [5.41, 5.74) is 2.56. The second-order valence-corrected chi connectivity index (χ2v) is 2.54. The van der Waals surface area contributed by atoms with Gasteiger partial charge in [0.25, 0.3) is 0 Å². The molecule has 0 atom stereocenters. The molecule has 0 rings (SSSR count). The molecule has 0 heterocycles. The molecule has 0 aromatic rings. The molecule has 0 aromatic carbocycles. The molecule has 0 amide bonds. The molecule has 3 heteroatoms. The number of aliphatic imine (C=N–C) groups is 1. The number of aliphatic hydroxyl groups excluding tert-OH is 1. The van der Waals surface area contributed by atoms with Gasteiger partial charge in [-0.05, 0) is 20.8 Å². The maximum absolute atomic E-state index is 8.87. The Bertz CT molecular complexity index is 179. The Morgan fingerprint density at radius 1 is 1.36 bits per heavy atom. The zero-order valence-electron chi connectivity index (χ0n) is 7.60. The molecule has 0 aromatic heterocycles. The van der Waals surface area contributed by atoms with Crippen LogP contribution >= 0.6 is 0 Å². The fraction of sp³-hybridized carbons (Fsp3) is 0.625. The van der Waals surface area contributed by atoms with Crippen LogP contribution in [0.3, 0.4) is 0 Å². The van der Waals surface area contributed by atoms with E-state index in [1.54, 1.807) is 0 Å². The molecular formula is C8H16N2O. The summed E-state index contributed by atoms with van der Waals surface area (Å²) in [6.07, 6.45) is 0. The third-order valence-electron chi connectivity index (χ3n) is 1.32. The van der Waals surface area contributed by atoms with E-state index in [0.717, 1.165) is 11.4 Å². The van der Waals surface area contributed by atoms with Gasteiger partial charge in [0.05, 0.1) is 12.3 Å². The van der Waals surface area contributed by atoms with E-state index in [2.05, 4.69) is 10.3 Å². The van der Waals surface area contributed by atoms with Gasteiger partial charge in [0.15, 0.2) is 0 Å². The van der Waals surface area contributed by atoms with Crippen molar-refractivity contribution >= 4 is 5.71 Å². The van der Waals surface area contributed by atoms with Crippen molar-refractivity contribution < 1.29 is 5.11 Å². The lowest BCUT2D eigenvalue weighted by Gasteiger charge is -2.04. The summed E-state index contributed by atoms with van der Waals surface area (Å²) < 4.78 is 0. The monoisotopic (exact) mass is 156 g/mol. The Labute approximate surface area is 67.8 Å². The van der Waals surface area contributed by atoms with Crippen molar-refractivity contribution in [3.63, 3.8) is 0 Å². The molecule has 0 bridgehead atoms. The van der Waals surface area contributed by atoms with Crippen LogP contribution < -0.4 is 5.32 Å². The van der Waals surface area contributed by atoms with E-state index < -0.39 is 0 Å². The highest BCUT2D eigenvalue weighted by molar-refractivity contribution is 5.80. The van der Waals surface area contributed by atoms with Gasteiger partial charge in [-0.3, -0.25) is 4.99 Å². The fourth-order valence-electron chi connectivity index (χ4n) is 0.652. The Morgan fingerprint density at radius 2 is 1.91 bits per heavy atom. The van der Waals surface area contributed by atoms with Gasteiger partial charge in [0.2, 0.25) is 0 Å². The first-order valence-electron chi connectivity index (χ1n) is 3.62. The summed E-state index contributed by atoms with van der Waals surface area (Å²) in [6.45, 7) is 5.67. The number of aliphatic hydroxyl groups is 1. The van der Waals surface area contributed by atoms with Crippen molar-refractivity contribution in [1.29, 1.82) is 0 Å². The third-order valence-corrected chi connectivity index (χ3v) is 1.32. The highest BCUT2D eigenvalue weighted by atomic mass is 16.3. The molecule has 0 saturated carbocycles. The van der Waals surface area contributed by atoms with E-state index in [1.807, 2.05) is 27.8 Å². The molecule has 2 N–H and O–H groups in total. The SMILES string of the molecule is CN/C(C)=C(/CO)N=C(C)C. The average Bonchev–Trinajstić information content (AvgIpc) is 1.98. The largest absolute Gasteiger partial charge is 0.390 e. The van der Waals surface area contributed by atoms with Gasteiger partial charge < -0.3 is 10.4 Å². The van der Waals surface area contributed by atoms with Crippen LogP contribution in [-0.4, -0.2) is 24.5 Å². The van der Waals surface area contributed by atoms with E-state index in [0.29, 0.717) is 5.70 Å². The Hall–Kier alpha value is -0.830. The van der Waals surface area contributed by atoms with Gasteiger partial charge in [-0.1, -0.05) is 0 Å². The number of hydrogen-bond acceptors (Lipinski definition) is 3. The lowest BCUT2D eigenvalue weighted by molar-refractivity contribution is 0.328. The molecule has 0 aliphatic heterocycles. The van der Waals surface area contributed by atoms with Gasteiger partial charge in [-0.25, -0.2) is 0 Å². The molecule has 3 nitrogen and oxygen atoms in total. The number of nitrogens with zero attached hydrogens (tertiary/aromatic N) is 1. The minimum atomic E-state index is -0.0160. The topological polar surface area (TPSA) is 44.6 Å². The van der Waals surface area contributed by atoms with E-state index in [1.165, 1.54) is 0 Å². The second-order valence-electron chi connectivity index (χ2n) is 2.54. The normalized spacial score (nSPS) is 12.1. The predicted octanol–water partition coefficient (Wildman–Crippen LogP) is 0.910. The van der Waals surface area contributed by atoms with Crippen molar-refractivity contribution in [2.24, 2.45) is 4.99 Å². The van der Waals surface area contributed by atoms with E-state index in [4.69, 9.17) is 5.11 Å². The molecular weight excluding hydrogens is 140 g/mol. The summed E-state index contributed by atoms with van der Waals surface area (Å²) >= 11 is 0. The number of allylic oxidation sites excluding steroid dienone is 1. The quantitative estimate of drug-likeness (QED) is 0.596. The highest BCUT2D eigenvalue weighted by Crippen LogP contribution is 2.01. The molecule has 64 valence electrons. The minimum Gasteiger partial charge on any atom is -0.390 e. The van der Waals surface area contributed by atoms with E-state index >= 15 is 0 Å². The Morgan fingerprint density at radius 3 is 2.18 bits per heavy atom. The Kier molecular flexibility index (Phi) is 4.54. The lowest BCUT2D eigenvalue weighted by atomic mass is 10.3. The van der Waals surface area contributed by atoms with Crippen molar-refractivity contribution in [2.75, 3.05) is 13.7 Å². The molecule has 0 fully saturated rings. The van der Waals surface area contributed by atoms with Gasteiger partial charge in [0, 0.05) is 18.5 Å². The molecule has 0 unspecified atom stereocenters. The van der Waals surface area contributed by atoms with Crippen LogP contribution in [0, 0.1) is 0 Å². The van der Waals surface area contributed by atoms with Gasteiger partial charge in [-0.2, -0.15) is 0 Å². The first-order valence-corrected chi connectivity index (χ1v) is 3.62. The standard InChI is InChI=1S/C8H16N2O/c1-6(2)10-8(5-11)7(3)9-4/h9,11H,5H2,1-4H3/b8-7-. The van der Waals surface area contributed by atoms with Crippen LogP contribution in [0.5, 0.6) is 0 Å². The van der Waals surface area contributed by atoms with Crippen LogP contribution in [0.25, 0.3) is 0 Å². The van der Waals surface area contributed by atoms with E-state index in [-0.39, 0.29) is 6.61 Å². The molecule has 11 heavy (non-hydrogen) atoms. The zero-order chi connectivity index (χ0) is 8.85. The molecule has 0 aliphatic rings. The maximum Gasteiger partial charge on any atom is 0.0870 e. The van der Waals surface area contributed by atoms with Crippen LogP contribution in [0.4, 0.5) is 0 Å². The van der Waals surface area contributed by atoms with Crippen LogP contribution in [0.15, 0.2) is 16.4 Å². The van der Waals surface area contributed by atoms with Crippen molar-refractivity contribution in [1.82, 2.24) is 5.32 Å². The summed E-state index contributed by atoms with van der Waals surface area (Å²) in [5, 5.41) is 11.8. The summed E-state index contributed by atoms with van der Waals surface area (Å²) in [7, 11) is 1.81. The lowest BCUT2D eigenvalue weighted by Crippen LogP contribution is -2.07. The summed E-state index contributed by atoms with van der Waals surface area (Å²) in [4.78, 5) is 4.15. The first-order chi connectivity index (χ1) is 5.11. The van der Waals surface area contributed by atoms with Crippen molar-refractivity contribution in [2.45, 2.75) is 20.8 Å². The predicted molar refractivity (Wildman–Crippen MR) is 47.6 cm³/mol. The van der Waals surface area contributed by atoms with Crippen LogP contribution in [-0.2, 0) is 0 Å². The van der Waals surface area contributed by atoms with Crippen molar-refractivity contribution in [3.05, 3.63) is 11.4 Å². The molecule has 0 radical (unpaired) electrons. The molecule has 0 aliphatic carbocycles. The van der Waals surface area contributed by atoms with E-state index in [9.17, 15) is 0 Å². The average molecular weight is 156 g/mol. The van der Waals surface area contributed by atoms with Gasteiger partial charge >= 0.3 is 0 Å². The minimum absolute atomic E-state index is 0.0160. The highest BCUT2D eigenvalue weighted by Gasteiger charge is 1.96. The molecule has 0 spiro atoms. The number of nitrogens with one attached hydrogen (secondary N) is 1. The van der Waals surface area contributed by atoms with Crippen LogP contribution in [0.1, 0.15) is 20.8 Å². The maximum atomic E-state index is 8.87. The fourth-order valence-corrected chi connectivity index (χ4v) is 0.652. The summed E-state index contributed by atoms with van der Waals surface area (Å²) in [6, 6.07) is 0. The van der Waals surface area contributed by atoms with Crippen LogP contribution in [0.2, 0.25) is 0 Å². The number of rotatable bonds is 3. The smallest absolute Gasteiger partial charge is 0.0870 e. The Balaban J connectivity index is 4.52. The first kappa shape index (κ1) is 10.2. The number of hydrogen-bond donors (Lipinski definition) is 2. The van der Waals surface area contributed by atoms with Gasteiger partial charge in [0.1, 0.15) is 0 Å². The zero-order valence-corrected chi connectivity index (χ0v) is 7.60. The van der Waals surface area contributed by atoms with Gasteiger partial charge in [-0.15, -0.1) is 0 Å². The van der Waals surface area contributed by atoms with Crippen molar-refractivity contribution in [3.8, 4) is 0 Å². The third kappa shape index (κ3) is 3.78.